The molecular formula is C17H23N3O4. The zero-order chi connectivity index (χ0) is 17.4. The standard InChI is InChI=1S/C17H23N3O4/c1-23-14-8-7-12(11-15(14)24-2)9-10-18-16(21)17(22)20-19-13-5-3-4-6-13/h7-8,11H,3-6,9-10H2,1-2H3,(H,18,21)(H,20,22). The molecule has 2 rings (SSSR count). The molecule has 2 amide bonds. The van der Waals surface area contributed by atoms with E-state index in [2.05, 4.69) is 15.8 Å². The number of ether oxygens (including phenoxy) is 2. The van der Waals surface area contributed by atoms with E-state index in [0.717, 1.165) is 37.0 Å². The van der Waals surface area contributed by atoms with E-state index in [-0.39, 0.29) is 0 Å². The molecule has 7 nitrogen and oxygen atoms in total. The van der Waals surface area contributed by atoms with E-state index in [1.165, 1.54) is 0 Å². The zero-order valence-electron chi connectivity index (χ0n) is 14.1. The van der Waals surface area contributed by atoms with Gasteiger partial charge in [0.25, 0.3) is 0 Å². The summed E-state index contributed by atoms with van der Waals surface area (Å²) in [6.45, 7) is 0.346. The van der Waals surface area contributed by atoms with Crippen molar-refractivity contribution in [3.05, 3.63) is 23.8 Å². The number of hydrazone groups is 1. The molecule has 130 valence electrons. The van der Waals surface area contributed by atoms with Gasteiger partial charge in [-0.2, -0.15) is 5.10 Å². The third kappa shape index (κ3) is 4.97. The van der Waals surface area contributed by atoms with Crippen LogP contribution in [0.2, 0.25) is 0 Å². The fraction of sp³-hybridized carbons (Fsp3) is 0.471. The molecule has 1 aliphatic carbocycles. The fourth-order valence-electron chi connectivity index (χ4n) is 2.51. The van der Waals surface area contributed by atoms with Crippen LogP contribution in [0.1, 0.15) is 31.2 Å². The highest BCUT2D eigenvalue weighted by atomic mass is 16.5. The molecule has 0 bridgehead atoms. The number of carbonyl (C=O) groups is 2. The Morgan fingerprint density at radius 3 is 2.46 bits per heavy atom. The first-order chi connectivity index (χ1) is 11.6. The van der Waals surface area contributed by atoms with Gasteiger partial charge in [0, 0.05) is 12.3 Å². The van der Waals surface area contributed by atoms with Crippen molar-refractivity contribution in [3.8, 4) is 11.5 Å². The van der Waals surface area contributed by atoms with Crippen LogP contribution in [0.25, 0.3) is 0 Å². The molecule has 1 fully saturated rings. The Hall–Kier alpha value is -2.57. The number of rotatable bonds is 6. The molecule has 0 saturated heterocycles. The minimum Gasteiger partial charge on any atom is -0.493 e. The van der Waals surface area contributed by atoms with Crippen LogP contribution < -0.4 is 20.2 Å². The van der Waals surface area contributed by atoms with Gasteiger partial charge in [0.05, 0.1) is 14.2 Å². The van der Waals surface area contributed by atoms with Crippen LogP contribution in [0.3, 0.4) is 0 Å². The van der Waals surface area contributed by atoms with Crippen molar-refractivity contribution < 1.29 is 19.1 Å². The quantitative estimate of drug-likeness (QED) is 0.608. The van der Waals surface area contributed by atoms with Crippen LogP contribution in [-0.4, -0.2) is 38.3 Å². The molecule has 1 aromatic rings. The normalized spacial score (nSPS) is 13.3. The highest BCUT2D eigenvalue weighted by Crippen LogP contribution is 2.27. The van der Waals surface area contributed by atoms with Gasteiger partial charge >= 0.3 is 11.8 Å². The Morgan fingerprint density at radius 1 is 1.08 bits per heavy atom. The van der Waals surface area contributed by atoms with E-state index >= 15 is 0 Å². The van der Waals surface area contributed by atoms with E-state index in [4.69, 9.17) is 9.47 Å². The molecule has 0 aliphatic heterocycles. The number of methoxy groups -OCH3 is 2. The van der Waals surface area contributed by atoms with Gasteiger partial charge in [-0.1, -0.05) is 6.07 Å². The lowest BCUT2D eigenvalue weighted by Gasteiger charge is -2.10. The summed E-state index contributed by atoms with van der Waals surface area (Å²) in [6, 6.07) is 5.54. The zero-order valence-corrected chi connectivity index (χ0v) is 14.1. The van der Waals surface area contributed by atoms with E-state index in [0.29, 0.717) is 24.5 Å². The Labute approximate surface area is 141 Å². The van der Waals surface area contributed by atoms with Crippen LogP contribution in [0, 0.1) is 0 Å². The van der Waals surface area contributed by atoms with Crippen molar-refractivity contribution in [3.63, 3.8) is 0 Å². The Bertz CT molecular complexity index is 620. The second-order valence-corrected chi connectivity index (χ2v) is 5.52. The Kier molecular flexibility index (Phi) is 6.60. The molecule has 1 aromatic carbocycles. The van der Waals surface area contributed by atoms with Crippen molar-refractivity contribution in [2.75, 3.05) is 20.8 Å². The number of benzene rings is 1. The molecule has 1 aliphatic rings. The van der Waals surface area contributed by atoms with Gasteiger partial charge in [-0.15, -0.1) is 0 Å². The predicted molar refractivity (Wildman–Crippen MR) is 90.3 cm³/mol. The van der Waals surface area contributed by atoms with Crippen molar-refractivity contribution in [1.29, 1.82) is 0 Å². The van der Waals surface area contributed by atoms with Gasteiger partial charge in [0.1, 0.15) is 0 Å². The first kappa shape index (κ1) is 17.8. The third-order valence-electron chi connectivity index (χ3n) is 3.85. The summed E-state index contributed by atoms with van der Waals surface area (Å²) in [5, 5.41) is 6.56. The van der Waals surface area contributed by atoms with Crippen LogP contribution in [-0.2, 0) is 16.0 Å². The fourth-order valence-corrected chi connectivity index (χ4v) is 2.51. The highest BCUT2D eigenvalue weighted by molar-refractivity contribution is 6.35. The average Bonchev–Trinajstić information content (AvgIpc) is 3.12. The van der Waals surface area contributed by atoms with Crippen LogP contribution >= 0.6 is 0 Å². The lowest BCUT2D eigenvalue weighted by atomic mass is 10.1. The van der Waals surface area contributed by atoms with Crippen molar-refractivity contribution in [2.24, 2.45) is 5.10 Å². The molecule has 0 unspecified atom stereocenters. The summed E-state index contributed by atoms with van der Waals surface area (Å²) in [4.78, 5) is 23.4. The average molecular weight is 333 g/mol. The monoisotopic (exact) mass is 333 g/mol. The molecular weight excluding hydrogens is 310 g/mol. The minimum atomic E-state index is -0.735. The summed E-state index contributed by atoms with van der Waals surface area (Å²) in [5.41, 5.74) is 4.22. The van der Waals surface area contributed by atoms with E-state index in [9.17, 15) is 9.59 Å². The van der Waals surface area contributed by atoms with Gasteiger partial charge in [-0.25, -0.2) is 5.43 Å². The maximum Gasteiger partial charge on any atom is 0.329 e. The number of hydrogen-bond donors (Lipinski definition) is 2. The summed E-state index contributed by atoms with van der Waals surface area (Å²) in [5.74, 6) is -0.137. The van der Waals surface area contributed by atoms with Gasteiger partial charge < -0.3 is 14.8 Å². The molecule has 0 atom stereocenters. The maximum absolute atomic E-state index is 11.7. The number of nitrogens with one attached hydrogen (secondary N) is 2. The third-order valence-corrected chi connectivity index (χ3v) is 3.85. The summed E-state index contributed by atoms with van der Waals surface area (Å²) >= 11 is 0. The van der Waals surface area contributed by atoms with Gasteiger partial charge in [0.15, 0.2) is 11.5 Å². The van der Waals surface area contributed by atoms with Gasteiger partial charge in [0.2, 0.25) is 0 Å². The SMILES string of the molecule is COc1ccc(CCNC(=O)C(=O)NN=C2CCCC2)cc1OC. The lowest BCUT2D eigenvalue weighted by molar-refractivity contribution is -0.139. The largest absolute Gasteiger partial charge is 0.493 e. The first-order valence-electron chi connectivity index (χ1n) is 7.98. The minimum absolute atomic E-state index is 0.346. The van der Waals surface area contributed by atoms with E-state index in [1.807, 2.05) is 12.1 Å². The summed E-state index contributed by atoms with van der Waals surface area (Å²) in [7, 11) is 3.14. The smallest absolute Gasteiger partial charge is 0.329 e. The predicted octanol–water partition coefficient (Wildman–Crippen LogP) is 1.41. The number of hydrogen-bond acceptors (Lipinski definition) is 5. The van der Waals surface area contributed by atoms with Crippen molar-refractivity contribution in [1.82, 2.24) is 10.7 Å². The molecule has 7 heteroatoms. The molecule has 1 saturated carbocycles. The topological polar surface area (TPSA) is 89.0 Å². The van der Waals surface area contributed by atoms with Crippen molar-refractivity contribution >= 4 is 17.5 Å². The molecule has 0 radical (unpaired) electrons. The van der Waals surface area contributed by atoms with Crippen LogP contribution in [0.4, 0.5) is 0 Å². The Morgan fingerprint density at radius 2 is 1.79 bits per heavy atom. The van der Waals surface area contributed by atoms with Crippen LogP contribution in [0.15, 0.2) is 23.3 Å². The van der Waals surface area contributed by atoms with Crippen molar-refractivity contribution in [2.45, 2.75) is 32.1 Å². The molecule has 24 heavy (non-hydrogen) atoms. The Balaban J connectivity index is 1.77. The maximum atomic E-state index is 11.7. The summed E-state index contributed by atoms with van der Waals surface area (Å²) in [6.07, 6.45) is 4.54. The first-order valence-corrected chi connectivity index (χ1v) is 7.98. The second-order valence-electron chi connectivity index (χ2n) is 5.52. The van der Waals surface area contributed by atoms with Crippen LogP contribution in [0.5, 0.6) is 11.5 Å². The molecule has 0 aromatic heterocycles. The number of carbonyl (C=O) groups excluding carboxylic acids is 2. The second kappa shape index (κ2) is 8.90. The van der Waals surface area contributed by atoms with Gasteiger partial charge in [-0.05, 0) is 49.8 Å². The summed E-state index contributed by atoms with van der Waals surface area (Å²) < 4.78 is 10.4. The van der Waals surface area contributed by atoms with Gasteiger partial charge in [-0.3, -0.25) is 9.59 Å². The number of amides is 2. The number of nitrogens with zero attached hydrogens (tertiary/aromatic N) is 1. The lowest BCUT2D eigenvalue weighted by Crippen LogP contribution is -2.39. The molecule has 2 N–H and O–H groups in total. The molecule has 0 heterocycles. The van der Waals surface area contributed by atoms with E-state index in [1.54, 1.807) is 20.3 Å². The van der Waals surface area contributed by atoms with E-state index < -0.39 is 11.8 Å². The molecule has 0 spiro atoms. The highest BCUT2D eigenvalue weighted by Gasteiger charge is 2.14.